The lowest BCUT2D eigenvalue weighted by atomic mass is 9.78. The number of benzene rings is 1. The number of alkyl halides is 3. The van der Waals surface area contributed by atoms with Crippen LogP contribution >= 0.6 is 0 Å². The fourth-order valence-corrected chi connectivity index (χ4v) is 3.97. The molecule has 1 heterocycles. The number of halogens is 3. The Morgan fingerprint density at radius 1 is 1.10 bits per heavy atom. The van der Waals surface area contributed by atoms with Gasteiger partial charge in [-0.15, -0.1) is 0 Å². The highest BCUT2D eigenvalue weighted by atomic mass is 19.4. The predicted molar refractivity (Wildman–Crippen MR) is 98.0 cm³/mol. The fourth-order valence-electron chi connectivity index (χ4n) is 3.97. The van der Waals surface area contributed by atoms with E-state index in [1.165, 1.54) is 0 Å². The molecule has 1 aromatic rings. The van der Waals surface area contributed by atoms with E-state index < -0.39 is 43.0 Å². The molecule has 9 heteroatoms. The van der Waals surface area contributed by atoms with Crippen molar-refractivity contribution in [2.45, 2.75) is 38.3 Å². The Morgan fingerprint density at radius 2 is 1.79 bits per heavy atom. The van der Waals surface area contributed by atoms with Gasteiger partial charge in [0, 0.05) is 12.2 Å². The van der Waals surface area contributed by atoms with Crippen LogP contribution in [0.15, 0.2) is 24.3 Å². The first-order valence-corrected chi connectivity index (χ1v) is 9.65. The first-order valence-electron chi connectivity index (χ1n) is 9.65. The van der Waals surface area contributed by atoms with Crippen molar-refractivity contribution in [1.82, 2.24) is 5.32 Å². The van der Waals surface area contributed by atoms with Gasteiger partial charge in [0.15, 0.2) is 6.61 Å². The minimum absolute atomic E-state index is 0.141. The van der Waals surface area contributed by atoms with Crippen molar-refractivity contribution in [3.63, 3.8) is 0 Å². The number of para-hydroxylation sites is 1. The molecule has 2 atom stereocenters. The molecule has 1 aromatic carbocycles. The highest BCUT2D eigenvalue weighted by Crippen LogP contribution is 2.36. The summed E-state index contributed by atoms with van der Waals surface area (Å²) in [5.74, 6) is -3.13. The first kappa shape index (κ1) is 21.1. The van der Waals surface area contributed by atoms with Gasteiger partial charge in [-0.05, 0) is 30.9 Å². The van der Waals surface area contributed by atoms with E-state index in [1.54, 1.807) is 10.2 Å². The summed E-state index contributed by atoms with van der Waals surface area (Å²) in [4.78, 5) is 38.8. The molecule has 2 aliphatic rings. The van der Waals surface area contributed by atoms with Gasteiger partial charge in [0.2, 0.25) is 5.91 Å². The molecule has 1 saturated carbocycles. The van der Waals surface area contributed by atoms with E-state index in [1.807, 2.05) is 24.3 Å². The Morgan fingerprint density at radius 3 is 2.52 bits per heavy atom. The predicted octanol–water partition coefficient (Wildman–Crippen LogP) is 2.60. The van der Waals surface area contributed by atoms with E-state index in [0.29, 0.717) is 19.4 Å². The molecule has 6 nitrogen and oxygen atoms in total. The van der Waals surface area contributed by atoms with Crippen molar-refractivity contribution < 1.29 is 32.3 Å². The number of esters is 1. The third kappa shape index (κ3) is 5.27. The van der Waals surface area contributed by atoms with E-state index >= 15 is 0 Å². The van der Waals surface area contributed by atoms with Gasteiger partial charge in [0.05, 0.1) is 11.8 Å². The van der Waals surface area contributed by atoms with E-state index in [-0.39, 0.29) is 5.91 Å². The van der Waals surface area contributed by atoms with Crippen LogP contribution in [0.1, 0.15) is 31.2 Å². The summed E-state index contributed by atoms with van der Waals surface area (Å²) in [6.07, 6.45) is -1.23. The summed E-state index contributed by atoms with van der Waals surface area (Å²) in [7, 11) is 0. The summed E-state index contributed by atoms with van der Waals surface area (Å²) in [5.41, 5.74) is 1.93. The SMILES string of the molecule is O=C(COC(=O)[C@H]1CCCC[C@H]1C(=O)N1CCc2ccccc21)NCC(F)(F)F. The number of rotatable bonds is 5. The number of anilines is 1. The topological polar surface area (TPSA) is 75.7 Å². The zero-order chi connectivity index (χ0) is 21.0. The lowest BCUT2D eigenvalue weighted by Gasteiger charge is -2.32. The Hall–Kier alpha value is -2.58. The van der Waals surface area contributed by atoms with Gasteiger partial charge in [-0.2, -0.15) is 13.2 Å². The molecule has 29 heavy (non-hydrogen) atoms. The van der Waals surface area contributed by atoms with Crippen LogP contribution < -0.4 is 10.2 Å². The molecule has 3 rings (SSSR count). The second-order valence-corrected chi connectivity index (χ2v) is 7.37. The molecule has 0 saturated heterocycles. The quantitative estimate of drug-likeness (QED) is 0.755. The van der Waals surface area contributed by atoms with E-state index in [2.05, 4.69) is 0 Å². The van der Waals surface area contributed by atoms with Crippen LogP contribution in [-0.4, -0.2) is 43.7 Å². The van der Waals surface area contributed by atoms with Crippen molar-refractivity contribution in [3.05, 3.63) is 29.8 Å². The summed E-state index contributed by atoms with van der Waals surface area (Å²) >= 11 is 0. The molecule has 1 fully saturated rings. The maximum atomic E-state index is 13.1. The number of hydrogen-bond donors (Lipinski definition) is 1. The summed E-state index contributed by atoms with van der Waals surface area (Å²) in [5, 5.41) is 1.65. The van der Waals surface area contributed by atoms with Crippen molar-refractivity contribution in [2.24, 2.45) is 11.8 Å². The van der Waals surface area contributed by atoms with E-state index in [0.717, 1.165) is 30.5 Å². The summed E-state index contributed by atoms with van der Waals surface area (Å²) in [6.45, 7) is -1.72. The number of carbonyl (C=O) groups is 3. The standard InChI is InChI=1S/C20H23F3N2O4/c21-20(22,23)12-24-17(26)11-29-19(28)15-7-3-2-6-14(15)18(27)25-10-9-13-5-1-4-8-16(13)25/h1,4-5,8,14-15H,2-3,6-7,9-12H2,(H,24,26)/t14-,15+/m1/s1. The largest absolute Gasteiger partial charge is 0.455 e. The lowest BCUT2D eigenvalue weighted by Crippen LogP contribution is -2.43. The Labute approximate surface area is 166 Å². The molecule has 0 spiro atoms. The van der Waals surface area contributed by atoms with Gasteiger partial charge in [-0.3, -0.25) is 14.4 Å². The van der Waals surface area contributed by atoms with Gasteiger partial charge >= 0.3 is 12.1 Å². The molecule has 0 radical (unpaired) electrons. The number of amides is 2. The molecule has 0 bridgehead atoms. The van der Waals surface area contributed by atoms with Crippen molar-refractivity contribution in [2.75, 3.05) is 24.6 Å². The van der Waals surface area contributed by atoms with Gasteiger partial charge < -0.3 is 15.0 Å². The monoisotopic (exact) mass is 412 g/mol. The zero-order valence-electron chi connectivity index (χ0n) is 15.8. The molecular formula is C20H23F3N2O4. The molecule has 1 aliphatic heterocycles. The van der Waals surface area contributed by atoms with Gasteiger partial charge in [-0.1, -0.05) is 31.0 Å². The van der Waals surface area contributed by atoms with E-state index in [4.69, 9.17) is 4.74 Å². The molecule has 0 unspecified atom stereocenters. The molecule has 1 N–H and O–H groups in total. The average molecular weight is 412 g/mol. The number of carbonyl (C=O) groups excluding carboxylic acids is 3. The van der Waals surface area contributed by atoms with Crippen LogP contribution in [0.2, 0.25) is 0 Å². The van der Waals surface area contributed by atoms with Crippen LogP contribution in [0, 0.1) is 11.8 Å². The number of fused-ring (bicyclic) bond motifs is 1. The number of nitrogens with one attached hydrogen (secondary N) is 1. The van der Waals surface area contributed by atoms with Gasteiger partial charge in [0.1, 0.15) is 6.54 Å². The molecular weight excluding hydrogens is 389 g/mol. The minimum Gasteiger partial charge on any atom is -0.455 e. The van der Waals surface area contributed by atoms with Crippen LogP contribution in [-0.2, 0) is 25.5 Å². The van der Waals surface area contributed by atoms with Gasteiger partial charge in [0.25, 0.3) is 5.91 Å². The lowest BCUT2D eigenvalue weighted by molar-refractivity contribution is -0.158. The summed E-state index contributed by atoms with van der Waals surface area (Å²) in [6, 6.07) is 7.62. The third-order valence-electron chi connectivity index (χ3n) is 5.37. The molecule has 0 aromatic heterocycles. The second kappa shape index (κ2) is 8.84. The highest BCUT2D eigenvalue weighted by molar-refractivity contribution is 5.99. The summed E-state index contributed by atoms with van der Waals surface area (Å²) < 4.78 is 41.3. The van der Waals surface area contributed by atoms with Crippen LogP contribution in [0.5, 0.6) is 0 Å². The number of ether oxygens (including phenoxy) is 1. The Kier molecular flexibility index (Phi) is 6.44. The first-order chi connectivity index (χ1) is 13.8. The van der Waals surface area contributed by atoms with Crippen molar-refractivity contribution >= 4 is 23.5 Å². The highest BCUT2D eigenvalue weighted by Gasteiger charge is 2.40. The maximum Gasteiger partial charge on any atom is 0.405 e. The van der Waals surface area contributed by atoms with Crippen LogP contribution in [0.25, 0.3) is 0 Å². The zero-order valence-corrected chi connectivity index (χ0v) is 15.8. The number of hydrogen-bond acceptors (Lipinski definition) is 4. The van der Waals surface area contributed by atoms with Crippen molar-refractivity contribution in [1.29, 1.82) is 0 Å². The van der Waals surface area contributed by atoms with Crippen LogP contribution in [0.3, 0.4) is 0 Å². The average Bonchev–Trinajstić information content (AvgIpc) is 3.13. The number of nitrogens with zero attached hydrogens (tertiary/aromatic N) is 1. The van der Waals surface area contributed by atoms with E-state index in [9.17, 15) is 27.6 Å². The maximum absolute atomic E-state index is 13.1. The van der Waals surface area contributed by atoms with Crippen molar-refractivity contribution in [3.8, 4) is 0 Å². The Balaban J connectivity index is 1.60. The molecule has 2 amide bonds. The molecule has 1 aliphatic carbocycles. The van der Waals surface area contributed by atoms with Gasteiger partial charge in [-0.25, -0.2) is 0 Å². The third-order valence-corrected chi connectivity index (χ3v) is 5.37. The minimum atomic E-state index is -4.54. The molecule has 158 valence electrons. The Bertz CT molecular complexity index is 781. The normalized spacial score (nSPS) is 21.4. The van der Waals surface area contributed by atoms with Crippen LogP contribution in [0.4, 0.5) is 18.9 Å². The smallest absolute Gasteiger partial charge is 0.405 e. The second-order valence-electron chi connectivity index (χ2n) is 7.37. The fraction of sp³-hybridized carbons (Fsp3) is 0.550.